The lowest BCUT2D eigenvalue weighted by molar-refractivity contribution is -0.132. The van der Waals surface area contributed by atoms with Crippen molar-refractivity contribution >= 4 is 33.3 Å². The number of hydrogen-bond acceptors (Lipinski definition) is 6. The maximum atomic E-state index is 12.5. The molecular weight excluding hydrogens is 466 g/mol. The minimum absolute atomic E-state index is 0.0186. The summed E-state index contributed by atoms with van der Waals surface area (Å²) < 4.78 is 32.9. The lowest BCUT2D eigenvalue weighted by Gasteiger charge is -2.34. The number of benzene rings is 2. The SMILES string of the molecule is CC(=O)c1ccc(S(=O)(=O)NCCC(=O)N2CCN(CCOc3ccc(Cl)cc3)CC2)cc1. The predicted octanol–water partition coefficient (Wildman–Crippen LogP) is 2.43. The number of halogens is 1. The molecule has 1 amide bonds. The Balaban J connectivity index is 1.35. The van der Waals surface area contributed by atoms with Crippen LogP contribution in [-0.4, -0.2) is 75.8 Å². The van der Waals surface area contributed by atoms with Gasteiger partial charge in [0.05, 0.1) is 4.90 Å². The van der Waals surface area contributed by atoms with Gasteiger partial charge in [0.15, 0.2) is 5.78 Å². The molecular formula is C23H28ClN3O5S. The molecule has 0 radical (unpaired) electrons. The van der Waals surface area contributed by atoms with E-state index in [0.29, 0.717) is 30.3 Å². The minimum atomic E-state index is -3.74. The average molecular weight is 494 g/mol. The van der Waals surface area contributed by atoms with Crippen molar-refractivity contribution in [2.75, 3.05) is 45.9 Å². The Labute approximate surface area is 199 Å². The Hall–Kier alpha value is -2.46. The van der Waals surface area contributed by atoms with Gasteiger partial charge in [0.2, 0.25) is 15.9 Å². The molecule has 1 N–H and O–H groups in total. The quantitative estimate of drug-likeness (QED) is 0.511. The summed E-state index contributed by atoms with van der Waals surface area (Å²) in [6, 6.07) is 12.9. The highest BCUT2D eigenvalue weighted by molar-refractivity contribution is 7.89. The summed E-state index contributed by atoms with van der Waals surface area (Å²) in [5.74, 6) is 0.554. The molecule has 10 heteroatoms. The lowest BCUT2D eigenvalue weighted by atomic mass is 10.2. The maximum Gasteiger partial charge on any atom is 0.240 e. The van der Waals surface area contributed by atoms with E-state index in [-0.39, 0.29) is 29.6 Å². The molecule has 3 rings (SSSR count). The molecule has 0 aromatic heterocycles. The van der Waals surface area contributed by atoms with Gasteiger partial charge in [-0.15, -0.1) is 0 Å². The van der Waals surface area contributed by atoms with Crippen LogP contribution in [0.2, 0.25) is 5.02 Å². The number of carbonyl (C=O) groups excluding carboxylic acids is 2. The number of rotatable bonds is 10. The number of nitrogens with one attached hydrogen (secondary N) is 1. The third-order valence-electron chi connectivity index (χ3n) is 5.42. The Morgan fingerprint density at radius 1 is 1.00 bits per heavy atom. The molecule has 1 aliphatic rings. The zero-order valence-corrected chi connectivity index (χ0v) is 20.1. The maximum absolute atomic E-state index is 12.5. The smallest absolute Gasteiger partial charge is 0.240 e. The summed E-state index contributed by atoms with van der Waals surface area (Å²) in [6.45, 7) is 5.41. The van der Waals surface area contributed by atoms with Crippen LogP contribution < -0.4 is 9.46 Å². The van der Waals surface area contributed by atoms with Crippen LogP contribution in [-0.2, 0) is 14.8 Å². The van der Waals surface area contributed by atoms with E-state index < -0.39 is 10.0 Å². The first-order valence-corrected chi connectivity index (χ1v) is 12.6. The van der Waals surface area contributed by atoms with Gasteiger partial charge in [-0.2, -0.15) is 0 Å². The van der Waals surface area contributed by atoms with Crippen LogP contribution in [0.25, 0.3) is 0 Å². The van der Waals surface area contributed by atoms with Crippen molar-refractivity contribution in [3.8, 4) is 5.75 Å². The van der Waals surface area contributed by atoms with Crippen LogP contribution in [0.3, 0.4) is 0 Å². The summed E-state index contributed by atoms with van der Waals surface area (Å²) in [6.07, 6.45) is 0.0877. The number of hydrogen-bond donors (Lipinski definition) is 1. The van der Waals surface area contributed by atoms with Crippen LogP contribution >= 0.6 is 11.6 Å². The van der Waals surface area contributed by atoms with Gasteiger partial charge in [-0.3, -0.25) is 14.5 Å². The zero-order valence-electron chi connectivity index (χ0n) is 18.5. The molecule has 33 heavy (non-hydrogen) atoms. The highest BCUT2D eigenvalue weighted by Crippen LogP contribution is 2.15. The van der Waals surface area contributed by atoms with Crippen molar-refractivity contribution in [1.82, 2.24) is 14.5 Å². The van der Waals surface area contributed by atoms with E-state index in [1.54, 1.807) is 17.0 Å². The molecule has 0 unspecified atom stereocenters. The fourth-order valence-electron chi connectivity index (χ4n) is 3.45. The summed E-state index contributed by atoms with van der Waals surface area (Å²) in [4.78, 5) is 27.8. The molecule has 0 atom stereocenters. The first-order valence-electron chi connectivity index (χ1n) is 10.7. The van der Waals surface area contributed by atoms with E-state index in [0.717, 1.165) is 25.4 Å². The van der Waals surface area contributed by atoms with Crippen LogP contribution in [0.1, 0.15) is 23.7 Å². The number of sulfonamides is 1. The fourth-order valence-corrected chi connectivity index (χ4v) is 4.60. The van der Waals surface area contributed by atoms with E-state index in [4.69, 9.17) is 16.3 Å². The van der Waals surface area contributed by atoms with E-state index >= 15 is 0 Å². The van der Waals surface area contributed by atoms with Gasteiger partial charge in [0.1, 0.15) is 12.4 Å². The third-order valence-corrected chi connectivity index (χ3v) is 7.15. The van der Waals surface area contributed by atoms with Gasteiger partial charge in [-0.1, -0.05) is 23.7 Å². The van der Waals surface area contributed by atoms with Gasteiger partial charge in [-0.25, -0.2) is 13.1 Å². The molecule has 1 fully saturated rings. The van der Waals surface area contributed by atoms with Crippen LogP contribution in [0.5, 0.6) is 5.75 Å². The summed E-state index contributed by atoms with van der Waals surface area (Å²) in [7, 11) is -3.74. The molecule has 8 nitrogen and oxygen atoms in total. The summed E-state index contributed by atoms with van der Waals surface area (Å²) >= 11 is 5.86. The Morgan fingerprint density at radius 2 is 1.64 bits per heavy atom. The van der Waals surface area contributed by atoms with Crippen molar-refractivity contribution in [2.24, 2.45) is 0 Å². The van der Waals surface area contributed by atoms with Gasteiger partial charge >= 0.3 is 0 Å². The van der Waals surface area contributed by atoms with Gasteiger partial charge in [-0.05, 0) is 43.3 Å². The minimum Gasteiger partial charge on any atom is -0.492 e. The van der Waals surface area contributed by atoms with E-state index in [1.165, 1.54) is 31.2 Å². The summed E-state index contributed by atoms with van der Waals surface area (Å²) in [5.41, 5.74) is 0.444. The summed E-state index contributed by atoms with van der Waals surface area (Å²) in [5, 5.41) is 0.666. The van der Waals surface area contributed by atoms with Crippen LogP contribution in [0, 0.1) is 0 Å². The number of carbonyl (C=O) groups is 2. The van der Waals surface area contributed by atoms with E-state index in [9.17, 15) is 18.0 Å². The molecule has 1 heterocycles. The standard InChI is InChI=1S/C23H28ClN3O5S/c1-18(28)19-2-8-22(9-3-19)33(30,31)25-11-10-23(29)27-14-12-26(13-15-27)16-17-32-21-6-4-20(24)5-7-21/h2-9,25H,10-17H2,1H3. The molecule has 0 spiro atoms. The van der Waals surface area contributed by atoms with Crippen LogP contribution in [0.15, 0.2) is 53.4 Å². The molecule has 0 bridgehead atoms. The number of amides is 1. The van der Waals surface area contributed by atoms with Crippen molar-refractivity contribution in [3.05, 3.63) is 59.1 Å². The normalized spacial score (nSPS) is 14.8. The number of ether oxygens (including phenoxy) is 1. The second-order valence-electron chi connectivity index (χ2n) is 7.75. The fraction of sp³-hybridized carbons (Fsp3) is 0.391. The van der Waals surface area contributed by atoms with Crippen molar-refractivity contribution in [1.29, 1.82) is 0 Å². The monoisotopic (exact) mass is 493 g/mol. The largest absolute Gasteiger partial charge is 0.492 e. The van der Waals surface area contributed by atoms with Crippen molar-refractivity contribution < 1.29 is 22.7 Å². The van der Waals surface area contributed by atoms with Crippen molar-refractivity contribution in [2.45, 2.75) is 18.2 Å². The number of ketones is 1. The average Bonchev–Trinajstić information content (AvgIpc) is 2.80. The van der Waals surface area contributed by atoms with Gasteiger partial charge in [0.25, 0.3) is 0 Å². The zero-order chi connectivity index (χ0) is 23.8. The van der Waals surface area contributed by atoms with Gasteiger partial charge < -0.3 is 9.64 Å². The second kappa shape index (κ2) is 11.6. The topological polar surface area (TPSA) is 96.0 Å². The first-order chi connectivity index (χ1) is 15.7. The molecule has 1 saturated heterocycles. The van der Waals surface area contributed by atoms with Crippen LogP contribution in [0.4, 0.5) is 0 Å². The Kier molecular flexibility index (Phi) is 8.85. The van der Waals surface area contributed by atoms with Crippen molar-refractivity contribution in [3.63, 3.8) is 0 Å². The van der Waals surface area contributed by atoms with E-state index in [2.05, 4.69) is 9.62 Å². The highest BCUT2D eigenvalue weighted by Gasteiger charge is 2.21. The number of Topliss-reactive ketones (excluding diaryl/α,β-unsaturated/α-hetero) is 1. The molecule has 2 aromatic carbocycles. The van der Waals surface area contributed by atoms with E-state index in [1.807, 2.05) is 12.1 Å². The Bertz CT molecular complexity index is 1050. The third kappa shape index (κ3) is 7.53. The number of piperazine rings is 1. The number of nitrogens with zero attached hydrogens (tertiary/aromatic N) is 2. The predicted molar refractivity (Wildman–Crippen MR) is 126 cm³/mol. The molecule has 0 saturated carbocycles. The highest BCUT2D eigenvalue weighted by atomic mass is 35.5. The second-order valence-corrected chi connectivity index (χ2v) is 9.96. The first kappa shape index (κ1) is 25.2. The Morgan fingerprint density at radius 3 is 2.24 bits per heavy atom. The molecule has 1 aliphatic heterocycles. The lowest BCUT2D eigenvalue weighted by Crippen LogP contribution is -2.50. The molecule has 0 aliphatic carbocycles. The molecule has 178 valence electrons. The van der Waals surface area contributed by atoms with Gasteiger partial charge in [0, 0.05) is 56.3 Å². The molecule has 2 aromatic rings.